The summed E-state index contributed by atoms with van der Waals surface area (Å²) in [6.07, 6.45) is 3.35. The lowest BCUT2D eigenvalue weighted by molar-refractivity contribution is -0.122. The average Bonchev–Trinajstić information content (AvgIpc) is 2.49. The average molecular weight is 304 g/mol. The summed E-state index contributed by atoms with van der Waals surface area (Å²) in [6.45, 7) is 13.4. The van der Waals surface area contributed by atoms with Gasteiger partial charge in [0.2, 0.25) is 0 Å². The molecule has 0 fully saturated rings. The van der Waals surface area contributed by atoms with Gasteiger partial charge in [0.1, 0.15) is 0 Å². The van der Waals surface area contributed by atoms with Gasteiger partial charge < -0.3 is 19.7 Å². The molecule has 0 aliphatic heterocycles. The Morgan fingerprint density at radius 2 is 1.38 bits per heavy atom. The van der Waals surface area contributed by atoms with Crippen LogP contribution >= 0.6 is 0 Å². The van der Waals surface area contributed by atoms with Gasteiger partial charge in [0.15, 0.2) is 0 Å². The Morgan fingerprint density at radius 1 is 0.810 bits per heavy atom. The van der Waals surface area contributed by atoms with Crippen LogP contribution in [0.15, 0.2) is 0 Å². The van der Waals surface area contributed by atoms with Crippen molar-refractivity contribution in [2.45, 2.75) is 78.4 Å². The van der Waals surface area contributed by atoms with Crippen molar-refractivity contribution < 1.29 is 19.7 Å². The summed E-state index contributed by atoms with van der Waals surface area (Å²) in [7, 11) is 0. The molecular formula is C17H36O4. The molecule has 0 saturated carbocycles. The van der Waals surface area contributed by atoms with Crippen molar-refractivity contribution in [3.63, 3.8) is 0 Å². The van der Waals surface area contributed by atoms with Crippen LogP contribution < -0.4 is 0 Å². The van der Waals surface area contributed by atoms with E-state index in [1.54, 1.807) is 0 Å². The van der Waals surface area contributed by atoms with E-state index in [1.165, 1.54) is 0 Å². The van der Waals surface area contributed by atoms with Gasteiger partial charge in [-0.15, -0.1) is 0 Å². The molecular weight excluding hydrogens is 268 g/mol. The maximum atomic E-state index is 9.50. The van der Waals surface area contributed by atoms with E-state index in [0.29, 0.717) is 19.6 Å². The largest absolute Gasteiger partial charge is 0.396 e. The fourth-order valence-electron chi connectivity index (χ4n) is 1.79. The number of rotatable bonds is 12. The highest BCUT2D eigenvalue weighted by Crippen LogP contribution is 2.28. The number of aliphatic hydroxyl groups excluding tert-OH is 2. The molecule has 4 nitrogen and oxygen atoms in total. The second-order valence-electron chi connectivity index (χ2n) is 6.97. The molecule has 0 radical (unpaired) electrons. The van der Waals surface area contributed by atoms with Crippen LogP contribution in [0.4, 0.5) is 0 Å². The van der Waals surface area contributed by atoms with Crippen molar-refractivity contribution in [2.24, 2.45) is 5.41 Å². The highest BCUT2D eigenvalue weighted by Gasteiger charge is 2.32. The maximum Gasteiger partial charge on any atom is 0.0674 e. The van der Waals surface area contributed by atoms with Gasteiger partial charge in [-0.1, -0.05) is 20.8 Å². The van der Waals surface area contributed by atoms with Gasteiger partial charge in [-0.3, -0.25) is 0 Å². The SMILES string of the molecule is CCC(CO)(CO)COC(C)(CC)CCOC(C)(C)CC. The van der Waals surface area contributed by atoms with E-state index < -0.39 is 5.41 Å². The van der Waals surface area contributed by atoms with Gasteiger partial charge in [0, 0.05) is 5.41 Å². The van der Waals surface area contributed by atoms with Gasteiger partial charge in [0.05, 0.1) is 37.6 Å². The Labute approximate surface area is 130 Å². The summed E-state index contributed by atoms with van der Waals surface area (Å²) >= 11 is 0. The van der Waals surface area contributed by atoms with E-state index in [1.807, 2.05) is 6.92 Å². The second-order valence-corrected chi connectivity index (χ2v) is 6.97. The summed E-state index contributed by atoms with van der Waals surface area (Å²) in [5.74, 6) is 0. The van der Waals surface area contributed by atoms with Crippen LogP contribution in [0.1, 0.15) is 67.2 Å². The molecule has 128 valence electrons. The summed E-state index contributed by atoms with van der Waals surface area (Å²) in [4.78, 5) is 0. The molecule has 0 rings (SSSR count). The third-order valence-corrected chi connectivity index (χ3v) is 4.87. The van der Waals surface area contributed by atoms with E-state index in [4.69, 9.17) is 9.47 Å². The molecule has 4 heteroatoms. The normalized spacial score (nSPS) is 16.0. The zero-order valence-electron chi connectivity index (χ0n) is 14.9. The Bertz CT molecular complexity index is 266. The molecule has 0 aromatic heterocycles. The molecule has 0 aromatic carbocycles. The first-order valence-electron chi connectivity index (χ1n) is 8.21. The molecule has 0 heterocycles. The van der Waals surface area contributed by atoms with Crippen molar-refractivity contribution in [1.29, 1.82) is 0 Å². The first kappa shape index (κ1) is 20.8. The first-order valence-corrected chi connectivity index (χ1v) is 8.21. The Kier molecular flexibility index (Phi) is 9.02. The molecule has 0 spiro atoms. The molecule has 1 atom stereocenters. The molecule has 21 heavy (non-hydrogen) atoms. The Hall–Kier alpha value is -0.160. The summed E-state index contributed by atoms with van der Waals surface area (Å²) in [5, 5.41) is 19.0. The maximum absolute atomic E-state index is 9.50. The predicted molar refractivity (Wildman–Crippen MR) is 86.5 cm³/mol. The van der Waals surface area contributed by atoms with Gasteiger partial charge >= 0.3 is 0 Å². The number of hydrogen-bond acceptors (Lipinski definition) is 4. The zero-order chi connectivity index (χ0) is 16.6. The minimum absolute atomic E-state index is 0.0564. The molecule has 0 bridgehead atoms. The zero-order valence-corrected chi connectivity index (χ0v) is 14.9. The predicted octanol–water partition coefficient (Wildman–Crippen LogP) is 3.15. The van der Waals surface area contributed by atoms with Crippen LogP contribution in [0, 0.1) is 5.41 Å². The van der Waals surface area contributed by atoms with Gasteiger partial charge in [-0.25, -0.2) is 0 Å². The molecule has 1 unspecified atom stereocenters. The fraction of sp³-hybridized carbons (Fsp3) is 1.00. The highest BCUT2D eigenvalue weighted by atomic mass is 16.5. The van der Waals surface area contributed by atoms with Crippen molar-refractivity contribution in [3.8, 4) is 0 Å². The topological polar surface area (TPSA) is 58.9 Å². The van der Waals surface area contributed by atoms with Crippen molar-refractivity contribution in [2.75, 3.05) is 26.4 Å². The van der Waals surface area contributed by atoms with Crippen molar-refractivity contribution in [3.05, 3.63) is 0 Å². The second kappa shape index (κ2) is 9.09. The minimum Gasteiger partial charge on any atom is -0.396 e. The molecule has 0 aliphatic carbocycles. The number of aliphatic hydroxyl groups is 2. The van der Waals surface area contributed by atoms with Crippen molar-refractivity contribution in [1.82, 2.24) is 0 Å². The molecule has 0 aliphatic rings. The van der Waals surface area contributed by atoms with E-state index in [0.717, 1.165) is 19.3 Å². The number of ether oxygens (including phenoxy) is 2. The van der Waals surface area contributed by atoms with Crippen LogP contribution in [0.25, 0.3) is 0 Å². The van der Waals surface area contributed by atoms with Gasteiger partial charge in [0.25, 0.3) is 0 Å². The van der Waals surface area contributed by atoms with E-state index in [9.17, 15) is 10.2 Å². The van der Waals surface area contributed by atoms with Gasteiger partial charge in [-0.2, -0.15) is 0 Å². The quantitative estimate of drug-likeness (QED) is 0.581. The standard InChI is InChI=1S/C17H36O4/c1-7-15(4,5)20-11-10-16(6,8-2)21-14-17(9-3,12-18)13-19/h18-19H,7-14H2,1-6H3. The Balaban J connectivity index is 4.46. The van der Waals surface area contributed by atoms with Crippen LogP contribution in [-0.4, -0.2) is 47.8 Å². The molecule has 0 amide bonds. The smallest absolute Gasteiger partial charge is 0.0674 e. The van der Waals surface area contributed by atoms with E-state index in [-0.39, 0.29) is 24.4 Å². The van der Waals surface area contributed by atoms with Crippen LogP contribution in [-0.2, 0) is 9.47 Å². The molecule has 0 aromatic rings. The lowest BCUT2D eigenvalue weighted by Gasteiger charge is -2.36. The molecule has 2 N–H and O–H groups in total. The lowest BCUT2D eigenvalue weighted by atomic mass is 9.87. The number of hydrogen-bond donors (Lipinski definition) is 2. The van der Waals surface area contributed by atoms with Gasteiger partial charge in [-0.05, 0) is 46.5 Å². The van der Waals surface area contributed by atoms with Crippen LogP contribution in [0.5, 0.6) is 0 Å². The van der Waals surface area contributed by atoms with E-state index in [2.05, 4.69) is 34.6 Å². The summed E-state index contributed by atoms with van der Waals surface area (Å²) in [6, 6.07) is 0. The minimum atomic E-state index is -0.542. The Morgan fingerprint density at radius 3 is 1.76 bits per heavy atom. The first-order chi connectivity index (χ1) is 9.72. The summed E-state index contributed by atoms with van der Waals surface area (Å²) < 4.78 is 12.0. The van der Waals surface area contributed by atoms with Crippen LogP contribution in [0.3, 0.4) is 0 Å². The van der Waals surface area contributed by atoms with Crippen LogP contribution in [0.2, 0.25) is 0 Å². The third kappa shape index (κ3) is 7.09. The lowest BCUT2D eigenvalue weighted by Crippen LogP contribution is -2.40. The van der Waals surface area contributed by atoms with E-state index >= 15 is 0 Å². The van der Waals surface area contributed by atoms with Crippen molar-refractivity contribution >= 4 is 0 Å². The summed E-state index contributed by atoms with van der Waals surface area (Å²) in [5.41, 5.74) is -0.924. The molecule has 0 saturated heterocycles. The monoisotopic (exact) mass is 304 g/mol. The fourth-order valence-corrected chi connectivity index (χ4v) is 1.79. The highest BCUT2D eigenvalue weighted by molar-refractivity contribution is 4.80. The third-order valence-electron chi connectivity index (χ3n) is 4.87.